The fourth-order valence-corrected chi connectivity index (χ4v) is 3.27. The van der Waals surface area contributed by atoms with E-state index in [0.29, 0.717) is 12.6 Å². The lowest BCUT2D eigenvalue weighted by atomic mass is 9.81. The van der Waals surface area contributed by atoms with Crippen LogP contribution in [0.4, 0.5) is 5.69 Å². The largest absolute Gasteiger partial charge is 0.379 e. The zero-order chi connectivity index (χ0) is 17.6. The van der Waals surface area contributed by atoms with Gasteiger partial charge in [0.1, 0.15) is 0 Å². The lowest BCUT2D eigenvalue weighted by Gasteiger charge is -2.33. The minimum atomic E-state index is -0.480. The molecule has 1 fully saturated rings. The molecule has 1 aliphatic rings. The lowest BCUT2D eigenvalue weighted by molar-refractivity contribution is -0.125. The predicted molar refractivity (Wildman–Crippen MR) is 112 cm³/mol. The van der Waals surface area contributed by atoms with Gasteiger partial charge in [0.15, 0.2) is 0 Å². The Morgan fingerprint density at radius 3 is 2.42 bits per heavy atom. The first-order chi connectivity index (χ1) is 11.6. The minimum absolute atomic E-state index is 0. The molecule has 0 aliphatic carbocycles. The molecule has 1 aromatic carbocycles. The van der Waals surface area contributed by atoms with Crippen LogP contribution in [-0.4, -0.2) is 43.7 Å². The second-order valence-corrected chi connectivity index (χ2v) is 6.60. The highest BCUT2D eigenvalue weighted by atomic mass is 35.5. The monoisotopic (exact) mass is 405 g/mol. The Hall–Kier alpha value is -0.850. The summed E-state index contributed by atoms with van der Waals surface area (Å²) in [6, 6.07) is 8.45. The summed E-state index contributed by atoms with van der Waals surface area (Å²) in [6.45, 7) is 10.1. The molecule has 1 aromatic rings. The third-order valence-corrected chi connectivity index (χ3v) is 5.45. The standard InChI is InChI=1S/C19H31N3O2.2ClH/c1-4-19(5-2,14-20)18(23)21-17-8-6-7-16(13-17)15(3)22-9-11-24-12-10-22;;/h6-8,13,15H,4-5,9-12,14,20H2,1-3H3,(H,21,23);2*1H. The number of nitrogens with one attached hydrogen (secondary N) is 1. The van der Waals surface area contributed by atoms with Gasteiger partial charge in [-0.05, 0) is 37.5 Å². The quantitative estimate of drug-likeness (QED) is 0.726. The minimum Gasteiger partial charge on any atom is -0.379 e. The second-order valence-electron chi connectivity index (χ2n) is 6.60. The van der Waals surface area contributed by atoms with E-state index < -0.39 is 5.41 Å². The molecule has 1 atom stereocenters. The van der Waals surface area contributed by atoms with E-state index in [1.165, 1.54) is 5.56 Å². The number of hydrogen-bond donors (Lipinski definition) is 2. The number of hydrogen-bond acceptors (Lipinski definition) is 4. The molecule has 0 radical (unpaired) electrons. The highest BCUT2D eigenvalue weighted by molar-refractivity contribution is 5.95. The summed E-state index contributed by atoms with van der Waals surface area (Å²) < 4.78 is 5.43. The van der Waals surface area contributed by atoms with Crippen molar-refractivity contribution in [2.75, 3.05) is 38.2 Å². The summed E-state index contributed by atoms with van der Waals surface area (Å²) in [5, 5.41) is 3.07. The van der Waals surface area contributed by atoms with Crippen molar-refractivity contribution in [1.82, 2.24) is 4.90 Å². The number of benzene rings is 1. The van der Waals surface area contributed by atoms with Gasteiger partial charge < -0.3 is 15.8 Å². The number of rotatable bonds is 7. The van der Waals surface area contributed by atoms with E-state index in [9.17, 15) is 4.79 Å². The van der Waals surface area contributed by atoms with Gasteiger partial charge in [-0.3, -0.25) is 9.69 Å². The third kappa shape index (κ3) is 5.83. The van der Waals surface area contributed by atoms with Crippen molar-refractivity contribution in [1.29, 1.82) is 0 Å². The van der Waals surface area contributed by atoms with E-state index in [1.807, 2.05) is 26.0 Å². The van der Waals surface area contributed by atoms with Gasteiger partial charge in [0, 0.05) is 31.4 Å². The molecule has 26 heavy (non-hydrogen) atoms. The van der Waals surface area contributed by atoms with Gasteiger partial charge in [-0.2, -0.15) is 0 Å². The maximum absolute atomic E-state index is 12.7. The number of ether oxygens (including phenoxy) is 1. The van der Waals surface area contributed by atoms with Gasteiger partial charge in [0.2, 0.25) is 5.91 Å². The Balaban J connectivity index is 0.00000312. The number of amides is 1. The molecular formula is C19H33Cl2N3O2. The molecule has 3 N–H and O–H groups in total. The molecule has 1 unspecified atom stereocenters. The van der Waals surface area contributed by atoms with Gasteiger partial charge in [0.25, 0.3) is 0 Å². The summed E-state index contributed by atoms with van der Waals surface area (Å²) in [7, 11) is 0. The zero-order valence-corrected chi connectivity index (χ0v) is 17.6. The Kier molecular flexibility index (Phi) is 11.4. The van der Waals surface area contributed by atoms with E-state index in [4.69, 9.17) is 10.5 Å². The summed E-state index contributed by atoms with van der Waals surface area (Å²) >= 11 is 0. The topological polar surface area (TPSA) is 67.6 Å². The summed E-state index contributed by atoms with van der Waals surface area (Å²) in [6.07, 6.45) is 1.49. The van der Waals surface area contributed by atoms with Crippen LogP contribution >= 0.6 is 24.8 Å². The molecule has 1 saturated heterocycles. The third-order valence-electron chi connectivity index (χ3n) is 5.45. The van der Waals surface area contributed by atoms with E-state index in [0.717, 1.165) is 44.8 Å². The maximum Gasteiger partial charge on any atom is 0.231 e. The van der Waals surface area contributed by atoms with Crippen molar-refractivity contribution >= 4 is 36.4 Å². The SMILES string of the molecule is CCC(CC)(CN)C(=O)Nc1cccc(C(C)N2CCOCC2)c1.Cl.Cl. The number of anilines is 1. The van der Waals surface area contributed by atoms with Crippen LogP contribution < -0.4 is 11.1 Å². The molecule has 1 heterocycles. The van der Waals surface area contributed by atoms with Crippen LogP contribution in [0.3, 0.4) is 0 Å². The van der Waals surface area contributed by atoms with E-state index >= 15 is 0 Å². The normalized spacial score (nSPS) is 16.2. The number of morpholine rings is 1. The molecule has 1 aliphatic heterocycles. The highest BCUT2D eigenvalue weighted by Crippen LogP contribution is 2.28. The van der Waals surface area contributed by atoms with Gasteiger partial charge in [0.05, 0.1) is 18.6 Å². The smallest absolute Gasteiger partial charge is 0.231 e. The number of nitrogens with zero attached hydrogens (tertiary/aromatic N) is 1. The van der Waals surface area contributed by atoms with Crippen LogP contribution in [0.2, 0.25) is 0 Å². The lowest BCUT2D eigenvalue weighted by Crippen LogP contribution is -2.41. The molecule has 5 nitrogen and oxygen atoms in total. The van der Waals surface area contributed by atoms with E-state index in [1.54, 1.807) is 0 Å². The molecule has 0 bridgehead atoms. The highest BCUT2D eigenvalue weighted by Gasteiger charge is 2.33. The number of halogens is 2. The van der Waals surface area contributed by atoms with Crippen LogP contribution in [0, 0.1) is 5.41 Å². The number of nitrogens with two attached hydrogens (primary N) is 1. The Morgan fingerprint density at radius 2 is 1.88 bits per heavy atom. The summed E-state index contributed by atoms with van der Waals surface area (Å²) in [5.41, 5.74) is 7.45. The van der Waals surface area contributed by atoms with E-state index in [2.05, 4.69) is 29.3 Å². The van der Waals surface area contributed by atoms with Crippen molar-refractivity contribution in [3.05, 3.63) is 29.8 Å². The van der Waals surface area contributed by atoms with Crippen LogP contribution in [-0.2, 0) is 9.53 Å². The predicted octanol–water partition coefficient (Wildman–Crippen LogP) is 3.63. The van der Waals surface area contributed by atoms with Crippen molar-refractivity contribution in [2.45, 2.75) is 39.7 Å². The molecule has 2 rings (SSSR count). The van der Waals surface area contributed by atoms with Crippen molar-refractivity contribution in [3.8, 4) is 0 Å². The Bertz CT molecular complexity index is 539. The first-order valence-electron chi connectivity index (χ1n) is 8.99. The first-order valence-corrected chi connectivity index (χ1v) is 8.99. The fraction of sp³-hybridized carbons (Fsp3) is 0.632. The van der Waals surface area contributed by atoms with Gasteiger partial charge in [-0.25, -0.2) is 0 Å². The van der Waals surface area contributed by atoms with Gasteiger partial charge in [-0.1, -0.05) is 26.0 Å². The van der Waals surface area contributed by atoms with Crippen LogP contribution in [0.5, 0.6) is 0 Å². The second kappa shape index (κ2) is 11.8. The van der Waals surface area contributed by atoms with Crippen LogP contribution in [0.15, 0.2) is 24.3 Å². The summed E-state index contributed by atoms with van der Waals surface area (Å²) in [5.74, 6) is 0.0196. The molecule has 0 saturated carbocycles. The van der Waals surface area contributed by atoms with Crippen molar-refractivity contribution in [3.63, 3.8) is 0 Å². The molecular weight excluding hydrogens is 373 g/mol. The molecule has 7 heteroatoms. The Morgan fingerprint density at radius 1 is 1.27 bits per heavy atom. The summed E-state index contributed by atoms with van der Waals surface area (Å²) in [4.78, 5) is 15.1. The fourth-order valence-electron chi connectivity index (χ4n) is 3.27. The van der Waals surface area contributed by atoms with Crippen molar-refractivity contribution < 1.29 is 9.53 Å². The number of carbonyl (C=O) groups excluding carboxylic acids is 1. The van der Waals surface area contributed by atoms with E-state index in [-0.39, 0.29) is 30.7 Å². The Labute approximate surface area is 169 Å². The zero-order valence-electron chi connectivity index (χ0n) is 16.0. The van der Waals surface area contributed by atoms with Gasteiger partial charge >= 0.3 is 0 Å². The van der Waals surface area contributed by atoms with Crippen molar-refractivity contribution in [2.24, 2.45) is 11.1 Å². The molecule has 150 valence electrons. The first kappa shape index (κ1) is 25.1. The molecule has 0 spiro atoms. The average Bonchev–Trinajstić information content (AvgIpc) is 2.64. The van der Waals surface area contributed by atoms with Gasteiger partial charge in [-0.15, -0.1) is 24.8 Å². The number of carbonyl (C=O) groups is 1. The average molecular weight is 406 g/mol. The molecule has 1 amide bonds. The molecule has 0 aromatic heterocycles. The van der Waals surface area contributed by atoms with Crippen LogP contribution in [0.25, 0.3) is 0 Å². The van der Waals surface area contributed by atoms with Crippen LogP contribution in [0.1, 0.15) is 45.2 Å². The maximum atomic E-state index is 12.7.